The maximum absolute atomic E-state index is 13.1. The predicted octanol–water partition coefficient (Wildman–Crippen LogP) is 2.28. The van der Waals surface area contributed by atoms with Gasteiger partial charge in [-0.25, -0.2) is 4.39 Å². The molecule has 0 unspecified atom stereocenters. The predicted molar refractivity (Wildman–Crippen MR) is 65.1 cm³/mol. The number of hydrogen-bond acceptors (Lipinski definition) is 2. The van der Waals surface area contributed by atoms with Crippen molar-refractivity contribution in [2.75, 3.05) is 18.8 Å². The molecule has 92 valence electrons. The molecule has 0 radical (unpaired) electrons. The second-order valence-corrected chi connectivity index (χ2v) is 5.37. The number of benzene rings is 1. The maximum atomic E-state index is 13.1. The fourth-order valence-electron chi connectivity index (χ4n) is 2.17. The average molecular weight is 236 g/mol. The van der Waals surface area contributed by atoms with Gasteiger partial charge in [0.1, 0.15) is 5.82 Å². The van der Waals surface area contributed by atoms with Gasteiger partial charge >= 0.3 is 0 Å². The molecule has 1 aromatic rings. The van der Waals surface area contributed by atoms with Gasteiger partial charge in [0.15, 0.2) is 0 Å². The van der Waals surface area contributed by atoms with Crippen LogP contribution in [-0.2, 0) is 0 Å². The first kappa shape index (κ1) is 11.9. The highest BCUT2D eigenvalue weighted by Gasteiger charge is 2.32. The molecule has 2 rings (SSSR count). The van der Waals surface area contributed by atoms with Gasteiger partial charge in [0.2, 0.25) is 0 Å². The summed E-state index contributed by atoms with van der Waals surface area (Å²) in [6.07, 6.45) is 0.966. The van der Waals surface area contributed by atoms with Crippen LogP contribution in [-0.4, -0.2) is 23.9 Å². The molecular formula is C13H17FN2O. The minimum absolute atomic E-state index is 0.137. The number of carbonyl (C=O) groups excluding carboxylic acids is 1. The van der Waals surface area contributed by atoms with Crippen LogP contribution in [0.25, 0.3) is 0 Å². The second kappa shape index (κ2) is 4.02. The summed E-state index contributed by atoms with van der Waals surface area (Å²) in [5.41, 5.74) is 6.45. The number of anilines is 1. The van der Waals surface area contributed by atoms with Crippen molar-refractivity contribution in [1.82, 2.24) is 4.90 Å². The van der Waals surface area contributed by atoms with Crippen LogP contribution in [0.4, 0.5) is 10.1 Å². The highest BCUT2D eigenvalue weighted by atomic mass is 19.1. The van der Waals surface area contributed by atoms with Gasteiger partial charge < -0.3 is 10.6 Å². The number of rotatable bonds is 1. The summed E-state index contributed by atoms with van der Waals surface area (Å²) >= 11 is 0. The smallest absolute Gasteiger partial charge is 0.256 e. The average Bonchev–Trinajstić information content (AvgIpc) is 2.61. The summed E-state index contributed by atoms with van der Waals surface area (Å²) in [5, 5.41) is 0. The summed E-state index contributed by atoms with van der Waals surface area (Å²) < 4.78 is 13.1. The standard InChI is InChI=1S/C13H17FN2O/c1-13(2)5-6-16(8-13)12(17)10-7-9(14)3-4-11(10)15/h3-4,7H,5-6,8,15H2,1-2H3. The first-order valence-corrected chi connectivity index (χ1v) is 5.73. The summed E-state index contributed by atoms with van der Waals surface area (Å²) in [7, 11) is 0. The normalized spacial score (nSPS) is 18.4. The number of carbonyl (C=O) groups is 1. The number of likely N-dealkylation sites (tertiary alicyclic amines) is 1. The van der Waals surface area contributed by atoms with Gasteiger partial charge in [-0.05, 0) is 30.0 Å². The van der Waals surface area contributed by atoms with Crippen molar-refractivity contribution >= 4 is 11.6 Å². The van der Waals surface area contributed by atoms with Gasteiger partial charge in [0.05, 0.1) is 5.56 Å². The zero-order valence-corrected chi connectivity index (χ0v) is 10.2. The van der Waals surface area contributed by atoms with E-state index in [4.69, 9.17) is 5.73 Å². The van der Waals surface area contributed by atoms with E-state index in [1.807, 2.05) is 0 Å². The van der Waals surface area contributed by atoms with E-state index in [0.717, 1.165) is 6.42 Å². The van der Waals surface area contributed by atoms with Gasteiger partial charge in [-0.1, -0.05) is 13.8 Å². The van der Waals surface area contributed by atoms with Crippen molar-refractivity contribution in [2.24, 2.45) is 5.41 Å². The lowest BCUT2D eigenvalue weighted by atomic mass is 9.93. The molecule has 0 spiro atoms. The highest BCUT2D eigenvalue weighted by molar-refractivity contribution is 5.99. The van der Waals surface area contributed by atoms with E-state index in [2.05, 4.69) is 13.8 Å². The molecule has 17 heavy (non-hydrogen) atoms. The maximum Gasteiger partial charge on any atom is 0.256 e. The number of halogens is 1. The minimum Gasteiger partial charge on any atom is -0.398 e. The number of amides is 1. The summed E-state index contributed by atoms with van der Waals surface area (Å²) in [6.45, 7) is 5.65. The van der Waals surface area contributed by atoms with E-state index in [9.17, 15) is 9.18 Å². The summed E-state index contributed by atoms with van der Waals surface area (Å²) in [5.74, 6) is -0.603. The van der Waals surface area contributed by atoms with E-state index in [-0.39, 0.29) is 16.9 Å². The van der Waals surface area contributed by atoms with Crippen molar-refractivity contribution in [3.63, 3.8) is 0 Å². The number of nitrogen functional groups attached to an aromatic ring is 1. The minimum atomic E-state index is -0.430. The van der Waals surface area contributed by atoms with Crippen molar-refractivity contribution < 1.29 is 9.18 Å². The second-order valence-electron chi connectivity index (χ2n) is 5.37. The van der Waals surface area contributed by atoms with Gasteiger partial charge in [-0.3, -0.25) is 4.79 Å². The van der Waals surface area contributed by atoms with Crippen molar-refractivity contribution in [2.45, 2.75) is 20.3 Å². The third kappa shape index (κ3) is 2.40. The molecule has 1 heterocycles. The molecule has 1 aliphatic rings. The number of hydrogen-bond donors (Lipinski definition) is 1. The largest absolute Gasteiger partial charge is 0.398 e. The van der Waals surface area contributed by atoms with Gasteiger partial charge in [0.25, 0.3) is 5.91 Å². The number of nitrogens with zero attached hydrogens (tertiary/aromatic N) is 1. The topological polar surface area (TPSA) is 46.3 Å². The quantitative estimate of drug-likeness (QED) is 0.760. The molecular weight excluding hydrogens is 219 g/mol. The zero-order valence-electron chi connectivity index (χ0n) is 10.2. The molecule has 0 bridgehead atoms. The Hall–Kier alpha value is -1.58. The Labute approximate surface area is 100 Å². The van der Waals surface area contributed by atoms with Gasteiger partial charge in [0, 0.05) is 18.8 Å². The lowest BCUT2D eigenvalue weighted by Crippen LogP contribution is -2.30. The van der Waals surface area contributed by atoms with Crippen LogP contribution in [0.15, 0.2) is 18.2 Å². The Morgan fingerprint density at radius 2 is 2.18 bits per heavy atom. The molecule has 1 aliphatic heterocycles. The SMILES string of the molecule is CC1(C)CCN(C(=O)c2cc(F)ccc2N)C1. The van der Waals surface area contributed by atoms with Crippen molar-refractivity contribution in [3.05, 3.63) is 29.6 Å². The monoisotopic (exact) mass is 236 g/mol. The summed E-state index contributed by atoms with van der Waals surface area (Å²) in [6, 6.07) is 3.91. The van der Waals surface area contributed by atoms with E-state index < -0.39 is 5.82 Å². The molecule has 1 amide bonds. The number of nitrogens with two attached hydrogens (primary N) is 1. The van der Waals surface area contributed by atoms with Crippen LogP contribution in [0.3, 0.4) is 0 Å². The lowest BCUT2D eigenvalue weighted by molar-refractivity contribution is 0.0779. The molecule has 1 aromatic carbocycles. The van der Waals surface area contributed by atoms with Crippen molar-refractivity contribution in [3.8, 4) is 0 Å². The first-order chi connectivity index (χ1) is 7.89. The van der Waals surface area contributed by atoms with E-state index in [1.54, 1.807) is 4.90 Å². The highest BCUT2D eigenvalue weighted by Crippen LogP contribution is 2.30. The molecule has 0 aliphatic carbocycles. The molecule has 3 nitrogen and oxygen atoms in total. The molecule has 0 atom stereocenters. The van der Waals surface area contributed by atoms with Crippen LogP contribution < -0.4 is 5.73 Å². The van der Waals surface area contributed by atoms with Crippen LogP contribution in [0.5, 0.6) is 0 Å². The van der Waals surface area contributed by atoms with E-state index >= 15 is 0 Å². The molecule has 2 N–H and O–H groups in total. The Morgan fingerprint density at radius 3 is 2.76 bits per heavy atom. The van der Waals surface area contributed by atoms with E-state index in [1.165, 1.54) is 18.2 Å². The van der Waals surface area contributed by atoms with E-state index in [0.29, 0.717) is 18.8 Å². The van der Waals surface area contributed by atoms with Gasteiger partial charge in [-0.2, -0.15) is 0 Å². The Balaban J connectivity index is 2.23. The third-order valence-corrected chi connectivity index (χ3v) is 3.21. The Bertz CT molecular complexity index is 457. The fourth-order valence-corrected chi connectivity index (χ4v) is 2.17. The third-order valence-electron chi connectivity index (χ3n) is 3.21. The lowest BCUT2D eigenvalue weighted by Gasteiger charge is -2.20. The van der Waals surface area contributed by atoms with Crippen LogP contribution >= 0.6 is 0 Å². The zero-order chi connectivity index (χ0) is 12.6. The molecule has 4 heteroatoms. The molecule has 0 aromatic heterocycles. The molecule has 1 fully saturated rings. The van der Waals surface area contributed by atoms with Gasteiger partial charge in [-0.15, -0.1) is 0 Å². The Kier molecular flexibility index (Phi) is 2.81. The van der Waals surface area contributed by atoms with Crippen LogP contribution in [0.1, 0.15) is 30.6 Å². The Morgan fingerprint density at radius 1 is 1.47 bits per heavy atom. The molecule has 1 saturated heterocycles. The first-order valence-electron chi connectivity index (χ1n) is 5.73. The summed E-state index contributed by atoms with van der Waals surface area (Å²) in [4.78, 5) is 13.9. The fraction of sp³-hybridized carbons (Fsp3) is 0.462. The van der Waals surface area contributed by atoms with Crippen LogP contribution in [0.2, 0.25) is 0 Å². The molecule has 0 saturated carbocycles. The van der Waals surface area contributed by atoms with Crippen LogP contribution in [0, 0.1) is 11.2 Å². The van der Waals surface area contributed by atoms with Crippen molar-refractivity contribution in [1.29, 1.82) is 0 Å².